The second-order valence-corrected chi connectivity index (χ2v) is 13.2. The van der Waals surface area contributed by atoms with E-state index >= 15 is 0 Å². The van der Waals surface area contributed by atoms with Crippen molar-refractivity contribution in [2.75, 3.05) is 26.4 Å². The third-order valence-corrected chi connectivity index (χ3v) is 8.39. The van der Waals surface area contributed by atoms with E-state index in [1.54, 1.807) is 0 Å². The lowest BCUT2D eigenvalue weighted by Crippen LogP contribution is -2.29. The minimum absolute atomic E-state index is 0.0550. The van der Waals surface area contributed by atoms with Gasteiger partial charge in [-0.2, -0.15) is 0 Å². The van der Waals surface area contributed by atoms with E-state index in [1.165, 1.54) is 77.0 Å². The maximum Gasteiger partial charge on any atom is 0.472 e. The highest BCUT2D eigenvalue weighted by Crippen LogP contribution is 2.43. The molecule has 10 heteroatoms. The quantitative estimate of drug-likeness (QED) is 0.0309. The maximum absolute atomic E-state index is 12.4. The van der Waals surface area contributed by atoms with Crippen LogP contribution < -0.4 is 5.73 Å². The van der Waals surface area contributed by atoms with Gasteiger partial charge in [-0.15, -0.1) is 0 Å². The summed E-state index contributed by atoms with van der Waals surface area (Å²) in [5.74, 6) is -0.836. The van der Waals surface area contributed by atoms with Gasteiger partial charge in [0.15, 0.2) is 6.10 Å². The van der Waals surface area contributed by atoms with Gasteiger partial charge in [0.2, 0.25) is 0 Å². The molecule has 0 aliphatic carbocycles. The normalized spacial score (nSPS) is 13.6. The average molecular weight is 648 g/mol. The van der Waals surface area contributed by atoms with Crippen molar-refractivity contribution in [3.05, 3.63) is 12.2 Å². The van der Waals surface area contributed by atoms with Gasteiger partial charge in [-0.3, -0.25) is 18.6 Å². The predicted octanol–water partition coefficient (Wildman–Crippen LogP) is 9.10. The Hall–Kier alpha value is -1.25. The summed E-state index contributed by atoms with van der Waals surface area (Å²) in [6.45, 7) is 3.66. The Kier molecular flexibility index (Phi) is 30.8. The Morgan fingerprint density at radius 3 is 1.64 bits per heavy atom. The van der Waals surface area contributed by atoms with Crippen LogP contribution in [-0.4, -0.2) is 49.3 Å². The first-order chi connectivity index (χ1) is 21.3. The van der Waals surface area contributed by atoms with Crippen LogP contribution in [0.3, 0.4) is 0 Å². The van der Waals surface area contributed by atoms with Crippen molar-refractivity contribution in [2.45, 2.75) is 168 Å². The van der Waals surface area contributed by atoms with Crippen LogP contribution in [-0.2, 0) is 32.7 Å². The fourth-order valence-corrected chi connectivity index (χ4v) is 5.51. The molecule has 0 aromatic rings. The first kappa shape index (κ1) is 42.8. The number of hydrogen-bond donors (Lipinski definition) is 2. The highest BCUT2D eigenvalue weighted by atomic mass is 31.2. The predicted molar refractivity (Wildman–Crippen MR) is 178 cm³/mol. The molecule has 3 N–H and O–H groups in total. The summed E-state index contributed by atoms with van der Waals surface area (Å²) >= 11 is 0. The van der Waals surface area contributed by atoms with Gasteiger partial charge in [0.25, 0.3) is 0 Å². The number of ether oxygens (including phenoxy) is 2. The zero-order valence-electron chi connectivity index (χ0n) is 28.2. The lowest BCUT2D eigenvalue weighted by atomic mass is 10.1. The van der Waals surface area contributed by atoms with Crippen LogP contribution in [0.4, 0.5) is 0 Å². The number of allylic oxidation sites excluding steroid dienone is 2. The first-order valence-electron chi connectivity index (χ1n) is 17.7. The number of rotatable bonds is 33. The van der Waals surface area contributed by atoms with E-state index in [4.69, 9.17) is 24.3 Å². The molecule has 0 aliphatic heterocycles. The Balaban J connectivity index is 4.19. The molecular formula is C34H66NO8P. The molecule has 2 atom stereocenters. The second-order valence-electron chi connectivity index (χ2n) is 11.7. The molecule has 260 valence electrons. The van der Waals surface area contributed by atoms with Crippen molar-refractivity contribution in [1.29, 1.82) is 0 Å². The molecule has 0 fully saturated rings. The molecule has 44 heavy (non-hydrogen) atoms. The van der Waals surface area contributed by atoms with Crippen molar-refractivity contribution < 1.29 is 37.6 Å². The Morgan fingerprint density at radius 1 is 0.659 bits per heavy atom. The van der Waals surface area contributed by atoms with E-state index in [0.29, 0.717) is 6.42 Å². The largest absolute Gasteiger partial charge is 0.472 e. The van der Waals surface area contributed by atoms with Crippen LogP contribution in [0.5, 0.6) is 0 Å². The average Bonchev–Trinajstić information content (AvgIpc) is 3.00. The SMILES string of the molecule is CCCCCC/C=C/CCCCCCCCCC(=O)OC[C@@H](COP(=O)(O)OCCN)OC(=O)CCCCCCCCCC. The number of carbonyl (C=O) groups excluding carboxylic acids is 2. The Labute approximate surface area is 269 Å². The molecule has 0 amide bonds. The minimum atomic E-state index is -4.36. The topological polar surface area (TPSA) is 134 Å². The van der Waals surface area contributed by atoms with Crippen LogP contribution in [0, 0.1) is 0 Å². The van der Waals surface area contributed by atoms with Gasteiger partial charge in [0.1, 0.15) is 6.61 Å². The fourth-order valence-electron chi connectivity index (χ4n) is 4.74. The number of carbonyl (C=O) groups is 2. The highest BCUT2D eigenvalue weighted by molar-refractivity contribution is 7.47. The standard InChI is InChI=1S/C34H66NO8P/c1-3-5-7-9-11-13-14-15-16-17-18-19-21-22-24-26-33(36)40-30-32(31-42-44(38,39)41-29-28-35)43-34(37)27-25-23-20-12-10-8-6-4-2/h13-14,32H,3-12,15-31,35H2,1-2H3,(H,38,39)/b14-13+/t32-/m0/s1. The molecule has 0 rings (SSSR count). The number of phosphoric acid groups is 1. The summed E-state index contributed by atoms with van der Waals surface area (Å²) in [5.41, 5.74) is 5.31. The molecular weight excluding hydrogens is 581 g/mol. The van der Waals surface area contributed by atoms with E-state index in [2.05, 4.69) is 26.0 Å². The molecule has 0 aromatic heterocycles. The van der Waals surface area contributed by atoms with Crippen LogP contribution in [0.25, 0.3) is 0 Å². The summed E-state index contributed by atoms with van der Waals surface area (Å²) in [6, 6.07) is 0. The Morgan fingerprint density at radius 2 is 1.11 bits per heavy atom. The summed E-state index contributed by atoms with van der Waals surface area (Å²) in [7, 11) is -4.36. The number of phosphoric ester groups is 1. The molecule has 0 aliphatic rings. The van der Waals surface area contributed by atoms with Gasteiger partial charge in [-0.1, -0.05) is 122 Å². The molecule has 1 unspecified atom stereocenters. The van der Waals surface area contributed by atoms with E-state index in [9.17, 15) is 19.0 Å². The molecule has 0 bridgehead atoms. The van der Waals surface area contributed by atoms with Gasteiger partial charge < -0.3 is 20.1 Å². The van der Waals surface area contributed by atoms with E-state index in [0.717, 1.165) is 51.4 Å². The highest BCUT2D eigenvalue weighted by Gasteiger charge is 2.25. The van der Waals surface area contributed by atoms with Crippen molar-refractivity contribution >= 4 is 19.8 Å². The fraction of sp³-hybridized carbons (Fsp3) is 0.882. The molecule has 0 saturated carbocycles. The van der Waals surface area contributed by atoms with Crippen LogP contribution in [0.15, 0.2) is 12.2 Å². The monoisotopic (exact) mass is 647 g/mol. The van der Waals surface area contributed by atoms with Gasteiger partial charge in [-0.25, -0.2) is 4.57 Å². The first-order valence-corrected chi connectivity index (χ1v) is 19.2. The lowest BCUT2D eigenvalue weighted by molar-refractivity contribution is -0.161. The zero-order chi connectivity index (χ0) is 32.6. The molecule has 0 spiro atoms. The van der Waals surface area contributed by atoms with Gasteiger partial charge in [-0.05, 0) is 38.5 Å². The lowest BCUT2D eigenvalue weighted by Gasteiger charge is -2.19. The third kappa shape index (κ3) is 30.8. The van der Waals surface area contributed by atoms with E-state index < -0.39 is 26.5 Å². The zero-order valence-corrected chi connectivity index (χ0v) is 29.0. The van der Waals surface area contributed by atoms with Crippen LogP contribution in [0.1, 0.15) is 162 Å². The maximum atomic E-state index is 12.4. The Bertz CT molecular complexity index is 749. The number of hydrogen-bond acceptors (Lipinski definition) is 8. The van der Waals surface area contributed by atoms with Crippen molar-refractivity contribution in [3.63, 3.8) is 0 Å². The molecule has 0 aromatic carbocycles. The molecule has 0 radical (unpaired) electrons. The number of nitrogens with two attached hydrogens (primary N) is 1. The van der Waals surface area contributed by atoms with Gasteiger partial charge in [0.05, 0.1) is 13.2 Å². The van der Waals surface area contributed by atoms with Crippen LogP contribution >= 0.6 is 7.82 Å². The molecule has 0 heterocycles. The van der Waals surface area contributed by atoms with Gasteiger partial charge in [0, 0.05) is 19.4 Å². The van der Waals surface area contributed by atoms with E-state index in [1.807, 2.05) is 0 Å². The van der Waals surface area contributed by atoms with E-state index in [-0.39, 0.29) is 38.6 Å². The number of esters is 2. The minimum Gasteiger partial charge on any atom is -0.462 e. The smallest absolute Gasteiger partial charge is 0.462 e. The summed E-state index contributed by atoms with van der Waals surface area (Å²) in [4.78, 5) is 34.5. The van der Waals surface area contributed by atoms with Crippen molar-refractivity contribution in [1.82, 2.24) is 0 Å². The van der Waals surface area contributed by atoms with Gasteiger partial charge >= 0.3 is 19.8 Å². The van der Waals surface area contributed by atoms with Crippen molar-refractivity contribution in [3.8, 4) is 0 Å². The second kappa shape index (κ2) is 31.7. The summed E-state index contributed by atoms with van der Waals surface area (Å²) < 4.78 is 32.5. The summed E-state index contributed by atoms with van der Waals surface area (Å²) in [5, 5.41) is 0. The number of unbranched alkanes of at least 4 members (excludes halogenated alkanes) is 18. The molecule has 0 saturated heterocycles. The molecule has 9 nitrogen and oxygen atoms in total. The summed E-state index contributed by atoms with van der Waals surface area (Å²) in [6.07, 6.45) is 28.2. The van der Waals surface area contributed by atoms with Crippen molar-refractivity contribution in [2.24, 2.45) is 5.73 Å². The van der Waals surface area contributed by atoms with Crippen LogP contribution in [0.2, 0.25) is 0 Å². The third-order valence-electron chi connectivity index (χ3n) is 7.40.